The van der Waals surface area contributed by atoms with Crippen LogP contribution in [0.4, 0.5) is 5.69 Å². The molecule has 1 atom stereocenters. The average Bonchev–Trinajstić information content (AvgIpc) is 2.65. The third-order valence-electron chi connectivity index (χ3n) is 2.62. The first-order chi connectivity index (χ1) is 7.50. The Morgan fingerprint density at radius 1 is 1.44 bits per heavy atom. The fourth-order valence-corrected chi connectivity index (χ4v) is 3.30. The second-order valence-electron chi connectivity index (χ2n) is 3.88. The summed E-state index contributed by atoms with van der Waals surface area (Å²) in [4.78, 5) is 0.182. The van der Waals surface area contributed by atoms with Crippen molar-refractivity contribution >= 4 is 15.7 Å². The molecule has 1 fully saturated rings. The number of aliphatic hydroxyl groups excluding tert-OH is 1. The molecular formula is C10H14N2O3S. The molecule has 16 heavy (non-hydrogen) atoms. The van der Waals surface area contributed by atoms with Crippen molar-refractivity contribution in [3.05, 3.63) is 24.3 Å². The molecule has 0 spiro atoms. The van der Waals surface area contributed by atoms with Crippen LogP contribution >= 0.6 is 0 Å². The molecule has 0 unspecified atom stereocenters. The summed E-state index contributed by atoms with van der Waals surface area (Å²) in [5, 5.41) is 9.33. The number of hydrogen-bond donors (Lipinski definition) is 2. The van der Waals surface area contributed by atoms with Gasteiger partial charge in [-0.1, -0.05) is 6.07 Å². The summed E-state index contributed by atoms with van der Waals surface area (Å²) in [6, 6.07) is 6.18. The molecule has 0 radical (unpaired) electrons. The van der Waals surface area contributed by atoms with Gasteiger partial charge in [-0.05, 0) is 24.6 Å². The SMILES string of the molecule is Nc1cccc(S(=O)(=O)N2CC[C@@H](O)C2)c1. The zero-order chi connectivity index (χ0) is 11.8. The van der Waals surface area contributed by atoms with Crippen LogP contribution in [0.2, 0.25) is 0 Å². The molecule has 0 aliphatic carbocycles. The normalized spacial score (nSPS) is 22.4. The van der Waals surface area contributed by atoms with Crippen molar-refractivity contribution in [2.45, 2.75) is 17.4 Å². The molecule has 5 nitrogen and oxygen atoms in total. The maximum atomic E-state index is 12.1. The van der Waals surface area contributed by atoms with Crippen LogP contribution in [0, 0.1) is 0 Å². The van der Waals surface area contributed by atoms with Crippen molar-refractivity contribution in [2.24, 2.45) is 0 Å². The van der Waals surface area contributed by atoms with Gasteiger partial charge in [0.15, 0.2) is 0 Å². The maximum absolute atomic E-state index is 12.1. The molecule has 0 saturated carbocycles. The van der Waals surface area contributed by atoms with Crippen LogP contribution in [0.1, 0.15) is 6.42 Å². The van der Waals surface area contributed by atoms with Gasteiger partial charge in [0.2, 0.25) is 10.0 Å². The summed E-state index contributed by atoms with van der Waals surface area (Å²) in [6.07, 6.45) is -0.0718. The number of β-amino-alcohol motifs (C(OH)–C–C–N with tert-alkyl or cyclic N) is 1. The van der Waals surface area contributed by atoms with E-state index < -0.39 is 16.1 Å². The Labute approximate surface area is 94.5 Å². The zero-order valence-electron chi connectivity index (χ0n) is 8.70. The number of benzene rings is 1. The average molecular weight is 242 g/mol. The van der Waals surface area contributed by atoms with Gasteiger partial charge in [-0.2, -0.15) is 4.31 Å². The lowest BCUT2D eigenvalue weighted by atomic mass is 10.3. The third-order valence-corrected chi connectivity index (χ3v) is 4.48. The minimum absolute atomic E-state index is 0.164. The van der Waals surface area contributed by atoms with Crippen molar-refractivity contribution in [3.8, 4) is 0 Å². The summed E-state index contributed by atoms with van der Waals surface area (Å²) in [5.74, 6) is 0. The smallest absolute Gasteiger partial charge is 0.243 e. The number of hydrogen-bond acceptors (Lipinski definition) is 4. The van der Waals surface area contributed by atoms with E-state index in [1.165, 1.54) is 16.4 Å². The summed E-state index contributed by atoms with van der Waals surface area (Å²) in [6.45, 7) is 0.523. The van der Waals surface area contributed by atoms with Crippen LogP contribution in [0.15, 0.2) is 29.2 Å². The highest BCUT2D eigenvalue weighted by Gasteiger charge is 2.31. The standard InChI is InChI=1S/C10H14N2O3S/c11-8-2-1-3-10(6-8)16(14,15)12-5-4-9(13)7-12/h1-3,6,9,13H,4-5,7,11H2/t9-/m1/s1. The van der Waals surface area contributed by atoms with E-state index in [1.807, 2.05) is 0 Å². The maximum Gasteiger partial charge on any atom is 0.243 e. The van der Waals surface area contributed by atoms with Crippen molar-refractivity contribution in [3.63, 3.8) is 0 Å². The number of nitrogen functional groups attached to an aromatic ring is 1. The van der Waals surface area contributed by atoms with E-state index in [9.17, 15) is 13.5 Å². The van der Waals surface area contributed by atoms with Gasteiger partial charge in [0, 0.05) is 18.8 Å². The molecule has 3 N–H and O–H groups in total. The molecule has 1 aromatic rings. The van der Waals surface area contributed by atoms with Gasteiger partial charge in [0.1, 0.15) is 0 Å². The predicted molar refractivity (Wildman–Crippen MR) is 60.2 cm³/mol. The summed E-state index contributed by atoms with van der Waals surface area (Å²) >= 11 is 0. The molecule has 1 saturated heterocycles. The van der Waals surface area contributed by atoms with Gasteiger partial charge in [-0.25, -0.2) is 8.42 Å². The molecule has 88 valence electrons. The van der Waals surface area contributed by atoms with E-state index >= 15 is 0 Å². The van der Waals surface area contributed by atoms with Crippen molar-refractivity contribution < 1.29 is 13.5 Å². The highest BCUT2D eigenvalue weighted by Crippen LogP contribution is 2.22. The first-order valence-electron chi connectivity index (χ1n) is 5.04. The van der Waals surface area contributed by atoms with Crippen LogP contribution in [0.25, 0.3) is 0 Å². The molecule has 2 rings (SSSR count). The molecule has 1 aliphatic rings. The molecule has 1 aromatic carbocycles. The van der Waals surface area contributed by atoms with Gasteiger partial charge in [0.25, 0.3) is 0 Å². The largest absolute Gasteiger partial charge is 0.399 e. The zero-order valence-corrected chi connectivity index (χ0v) is 9.52. The second-order valence-corrected chi connectivity index (χ2v) is 5.82. The Kier molecular flexibility index (Phi) is 2.88. The van der Waals surface area contributed by atoms with E-state index in [4.69, 9.17) is 5.73 Å². The lowest BCUT2D eigenvalue weighted by Gasteiger charge is -2.15. The summed E-state index contributed by atoms with van der Waals surface area (Å²) in [7, 11) is -3.50. The van der Waals surface area contributed by atoms with Crippen LogP contribution < -0.4 is 5.73 Å². The number of sulfonamides is 1. The second kappa shape index (κ2) is 4.04. The molecular weight excluding hydrogens is 228 g/mol. The fraction of sp³-hybridized carbons (Fsp3) is 0.400. The fourth-order valence-electron chi connectivity index (χ4n) is 1.75. The molecule has 0 aromatic heterocycles. The third kappa shape index (κ3) is 2.04. The Balaban J connectivity index is 2.32. The monoisotopic (exact) mass is 242 g/mol. The molecule has 1 aliphatic heterocycles. The molecule has 1 heterocycles. The van der Waals surface area contributed by atoms with Gasteiger partial charge >= 0.3 is 0 Å². The van der Waals surface area contributed by atoms with Crippen molar-refractivity contribution in [1.29, 1.82) is 0 Å². The van der Waals surface area contributed by atoms with Gasteiger partial charge in [0.05, 0.1) is 11.0 Å². The van der Waals surface area contributed by atoms with Crippen LogP contribution in [0.5, 0.6) is 0 Å². The van der Waals surface area contributed by atoms with Crippen LogP contribution in [-0.4, -0.2) is 37.0 Å². The number of rotatable bonds is 2. The van der Waals surface area contributed by atoms with Crippen LogP contribution in [0.3, 0.4) is 0 Å². The van der Waals surface area contributed by atoms with Crippen molar-refractivity contribution in [2.75, 3.05) is 18.8 Å². The van der Waals surface area contributed by atoms with E-state index in [-0.39, 0.29) is 11.4 Å². The van der Waals surface area contributed by atoms with Crippen LogP contribution in [-0.2, 0) is 10.0 Å². The quantitative estimate of drug-likeness (QED) is 0.716. The van der Waals surface area contributed by atoms with Gasteiger partial charge < -0.3 is 10.8 Å². The first-order valence-corrected chi connectivity index (χ1v) is 6.48. The minimum Gasteiger partial charge on any atom is -0.399 e. The predicted octanol–water partition coefficient (Wildman–Crippen LogP) is 0.0241. The number of nitrogens with two attached hydrogens (primary N) is 1. The Hall–Kier alpha value is -1.11. The first kappa shape index (κ1) is 11.4. The number of nitrogens with zero attached hydrogens (tertiary/aromatic N) is 1. The summed E-state index contributed by atoms with van der Waals surface area (Å²) < 4.78 is 25.5. The highest BCUT2D eigenvalue weighted by molar-refractivity contribution is 7.89. The number of aliphatic hydroxyl groups is 1. The molecule has 0 bridgehead atoms. The number of anilines is 1. The Morgan fingerprint density at radius 2 is 2.19 bits per heavy atom. The van der Waals surface area contributed by atoms with E-state index in [2.05, 4.69) is 0 Å². The minimum atomic E-state index is -3.50. The lowest BCUT2D eigenvalue weighted by molar-refractivity contribution is 0.189. The van der Waals surface area contributed by atoms with E-state index in [0.717, 1.165) is 0 Å². The van der Waals surface area contributed by atoms with Gasteiger partial charge in [-0.3, -0.25) is 0 Å². The topological polar surface area (TPSA) is 83.6 Å². The van der Waals surface area contributed by atoms with E-state index in [1.54, 1.807) is 12.1 Å². The Bertz CT molecular complexity index is 487. The Morgan fingerprint density at radius 3 is 2.75 bits per heavy atom. The summed E-state index contributed by atoms with van der Waals surface area (Å²) in [5.41, 5.74) is 5.97. The molecule has 6 heteroatoms. The van der Waals surface area contributed by atoms with E-state index in [0.29, 0.717) is 18.7 Å². The highest BCUT2D eigenvalue weighted by atomic mass is 32.2. The van der Waals surface area contributed by atoms with Crippen molar-refractivity contribution in [1.82, 2.24) is 4.31 Å². The molecule has 0 amide bonds. The lowest BCUT2D eigenvalue weighted by Crippen LogP contribution is -2.29. The van der Waals surface area contributed by atoms with Gasteiger partial charge in [-0.15, -0.1) is 0 Å².